The first kappa shape index (κ1) is 14.7. The Bertz CT molecular complexity index is 396. The van der Waals surface area contributed by atoms with Crippen LogP contribution in [0.4, 0.5) is 0 Å². The zero-order valence-electron chi connectivity index (χ0n) is 11.0. The molecule has 18 heavy (non-hydrogen) atoms. The summed E-state index contributed by atoms with van der Waals surface area (Å²) in [5, 5.41) is 19.4. The first-order valence-corrected chi connectivity index (χ1v) is 6.10. The van der Waals surface area contributed by atoms with Gasteiger partial charge in [-0.25, -0.2) is 0 Å². The second-order valence-electron chi connectivity index (χ2n) is 5.14. The van der Waals surface area contributed by atoms with Crippen molar-refractivity contribution in [1.82, 2.24) is 0 Å². The molecule has 0 bridgehead atoms. The number of aliphatic hydroxyl groups is 1. The maximum atomic E-state index is 11.9. The molecule has 1 aliphatic rings. The maximum Gasteiger partial charge on any atom is 0.326 e. The van der Waals surface area contributed by atoms with Gasteiger partial charge in [-0.2, -0.15) is 5.26 Å². The second-order valence-corrected chi connectivity index (χ2v) is 5.14. The molecule has 0 amide bonds. The van der Waals surface area contributed by atoms with E-state index in [1.165, 1.54) is 6.92 Å². The smallest absolute Gasteiger partial charge is 0.326 e. The summed E-state index contributed by atoms with van der Waals surface area (Å²) < 4.78 is 4.92. The fourth-order valence-corrected chi connectivity index (χ4v) is 2.49. The number of ketones is 1. The van der Waals surface area contributed by atoms with Gasteiger partial charge in [0.2, 0.25) is 0 Å². The molecule has 0 saturated heterocycles. The third kappa shape index (κ3) is 2.54. The predicted octanol–water partition coefficient (Wildman–Crippen LogP) is 1.20. The third-order valence-electron chi connectivity index (χ3n) is 3.73. The van der Waals surface area contributed by atoms with Crippen LogP contribution in [0.2, 0.25) is 0 Å². The Labute approximate surface area is 107 Å². The van der Waals surface area contributed by atoms with Gasteiger partial charge in [-0.15, -0.1) is 0 Å². The lowest BCUT2D eigenvalue weighted by Gasteiger charge is -2.42. The fourth-order valence-electron chi connectivity index (χ4n) is 2.49. The van der Waals surface area contributed by atoms with Gasteiger partial charge in [-0.1, -0.05) is 0 Å². The van der Waals surface area contributed by atoms with Gasteiger partial charge in [0.05, 0.1) is 18.3 Å². The molecular formula is C13H19NO4. The van der Waals surface area contributed by atoms with Crippen LogP contribution in [-0.2, 0) is 14.3 Å². The highest BCUT2D eigenvalue weighted by molar-refractivity contribution is 5.84. The van der Waals surface area contributed by atoms with E-state index in [0.29, 0.717) is 0 Å². The first-order chi connectivity index (χ1) is 8.29. The molecule has 1 aliphatic carbocycles. The summed E-state index contributed by atoms with van der Waals surface area (Å²) in [6, 6.07) is 1.99. The molecule has 100 valence electrons. The van der Waals surface area contributed by atoms with Gasteiger partial charge in [0.25, 0.3) is 0 Å². The fraction of sp³-hybridized carbons (Fsp3) is 0.769. The van der Waals surface area contributed by atoms with Gasteiger partial charge in [-0.3, -0.25) is 9.59 Å². The van der Waals surface area contributed by atoms with Crippen LogP contribution in [0, 0.1) is 22.7 Å². The van der Waals surface area contributed by atoms with Crippen LogP contribution in [0.15, 0.2) is 0 Å². The summed E-state index contributed by atoms with van der Waals surface area (Å²) >= 11 is 0. The lowest BCUT2D eigenvalue weighted by atomic mass is 9.63. The van der Waals surface area contributed by atoms with E-state index in [-0.39, 0.29) is 31.7 Å². The van der Waals surface area contributed by atoms with Gasteiger partial charge in [-0.05, 0) is 40.0 Å². The van der Waals surface area contributed by atoms with Gasteiger partial charge in [0.15, 0.2) is 5.41 Å². The number of carbonyl (C=O) groups is 2. The molecule has 0 aliphatic heterocycles. The molecule has 0 spiro atoms. The summed E-state index contributed by atoms with van der Waals surface area (Å²) in [7, 11) is 0. The molecular weight excluding hydrogens is 234 g/mol. The molecule has 3 atom stereocenters. The molecule has 0 radical (unpaired) electrons. The average molecular weight is 253 g/mol. The van der Waals surface area contributed by atoms with Crippen LogP contribution in [0.3, 0.4) is 0 Å². The molecule has 1 N–H and O–H groups in total. The van der Waals surface area contributed by atoms with Crippen molar-refractivity contribution < 1.29 is 19.4 Å². The van der Waals surface area contributed by atoms with Crippen molar-refractivity contribution in [3.05, 3.63) is 0 Å². The van der Waals surface area contributed by atoms with Gasteiger partial charge in [0, 0.05) is 5.92 Å². The summed E-state index contributed by atoms with van der Waals surface area (Å²) in [5.41, 5.74) is -2.45. The summed E-state index contributed by atoms with van der Waals surface area (Å²) in [6.45, 7) is 4.82. The first-order valence-electron chi connectivity index (χ1n) is 6.10. The van der Waals surface area contributed by atoms with Crippen molar-refractivity contribution in [3.8, 4) is 6.07 Å². The van der Waals surface area contributed by atoms with Crippen molar-refractivity contribution in [2.45, 2.75) is 45.6 Å². The average Bonchev–Trinajstić information content (AvgIpc) is 2.29. The molecule has 0 aromatic carbocycles. The van der Waals surface area contributed by atoms with Gasteiger partial charge in [0.1, 0.15) is 5.78 Å². The van der Waals surface area contributed by atoms with Crippen LogP contribution in [0.1, 0.15) is 40.0 Å². The Kier molecular flexibility index (Phi) is 4.12. The molecule has 0 aromatic heterocycles. The normalized spacial score (nSPS) is 35.6. The number of nitriles is 1. The van der Waals surface area contributed by atoms with E-state index in [1.807, 2.05) is 6.07 Å². The molecule has 0 aromatic rings. The van der Waals surface area contributed by atoms with E-state index in [2.05, 4.69) is 0 Å². The maximum absolute atomic E-state index is 11.9. The van der Waals surface area contributed by atoms with E-state index in [0.717, 1.165) is 0 Å². The number of hydrogen-bond donors (Lipinski definition) is 1. The Balaban J connectivity index is 3.02. The Morgan fingerprint density at radius 1 is 1.50 bits per heavy atom. The molecule has 0 heterocycles. The van der Waals surface area contributed by atoms with E-state index in [1.54, 1.807) is 13.8 Å². The number of Topliss-reactive ketones (excluding diaryl/α,β-unsaturated/α-hetero) is 1. The SMILES string of the molecule is CCOC(=O)C1(C#N)CC[C@](C)(O)[C@H](C(C)=O)C1. The topological polar surface area (TPSA) is 87.4 Å². The lowest BCUT2D eigenvalue weighted by molar-refractivity contribution is -0.161. The van der Waals surface area contributed by atoms with Crippen molar-refractivity contribution in [2.75, 3.05) is 6.61 Å². The van der Waals surface area contributed by atoms with E-state index < -0.39 is 22.9 Å². The van der Waals surface area contributed by atoms with Crippen LogP contribution in [0.25, 0.3) is 0 Å². The molecule has 1 saturated carbocycles. The van der Waals surface area contributed by atoms with Crippen molar-refractivity contribution in [1.29, 1.82) is 5.26 Å². The third-order valence-corrected chi connectivity index (χ3v) is 3.73. The standard InChI is InChI=1S/C13H19NO4/c1-4-18-11(16)13(8-14)6-5-12(3,17)10(7-13)9(2)15/h10,17H,4-7H2,1-3H3/t10-,12-,13?/m0/s1. The van der Waals surface area contributed by atoms with Crippen LogP contribution in [-0.4, -0.2) is 29.1 Å². The molecule has 5 nitrogen and oxygen atoms in total. The number of ether oxygens (including phenoxy) is 1. The number of rotatable bonds is 3. The van der Waals surface area contributed by atoms with E-state index in [4.69, 9.17) is 4.74 Å². The minimum Gasteiger partial charge on any atom is -0.465 e. The highest BCUT2D eigenvalue weighted by atomic mass is 16.5. The second kappa shape index (κ2) is 5.07. The minimum absolute atomic E-state index is 0.0324. The van der Waals surface area contributed by atoms with Crippen LogP contribution in [0.5, 0.6) is 0 Å². The summed E-state index contributed by atoms with van der Waals surface area (Å²) in [5.74, 6) is -1.49. The van der Waals surface area contributed by atoms with Crippen molar-refractivity contribution >= 4 is 11.8 Å². The number of carbonyl (C=O) groups excluding carboxylic acids is 2. The van der Waals surface area contributed by atoms with Crippen molar-refractivity contribution in [2.24, 2.45) is 11.3 Å². The molecule has 1 rings (SSSR count). The van der Waals surface area contributed by atoms with Crippen molar-refractivity contribution in [3.63, 3.8) is 0 Å². The number of nitrogens with zero attached hydrogens (tertiary/aromatic N) is 1. The largest absolute Gasteiger partial charge is 0.465 e. The lowest BCUT2D eigenvalue weighted by Crippen LogP contribution is -2.50. The summed E-state index contributed by atoms with van der Waals surface area (Å²) in [4.78, 5) is 23.5. The highest BCUT2D eigenvalue weighted by Gasteiger charge is 2.52. The highest BCUT2D eigenvalue weighted by Crippen LogP contribution is 2.45. The molecule has 1 fully saturated rings. The number of hydrogen-bond acceptors (Lipinski definition) is 5. The van der Waals surface area contributed by atoms with E-state index in [9.17, 15) is 20.0 Å². The zero-order chi connectivity index (χ0) is 14.0. The predicted molar refractivity (Wildman–Crippen MR) is 63.3 cm³/mol. The molecule has 1 unspecified atom stereocenters. The summed E-state index contributed by atoms with van der Waals surface area (Å²) in [6.07, 6.45) is 0.493. The van der Waals surface area contributed by atoms with Crippen LogP contribution < -0.4 is 0 Å². The number of esters is 1. The minimum atomic E-state index is -1.30. The van der Waals surface area contributed by atoms with Gasteiger partial charge >= 0.3 is 5.97 Å². The Hall–Kier alpha value is -1.41. The monoisotopic (exact) mass is 253 g/mol. The van der Waals surface area contributed by atoms with Crippen LogP contribution >= 0.6 is 0 Å². The Morgan fingerprint density at radius 3 is 2.56 bits per heavy atom. The zero-order valence-corrected chi connectivity index (χ0v) is 11.0. The van der Waals surface area contributed by atoms with E-state index >= 15 is 0 Å². The van der Waals surface area contributed by atoms with Gasteiger partial charge < -0.3 is 9.84 Å². The molecule has 5 heteroatoms. The Morgan fingerprint density at radius 2 is 2.11 bits per heavy atom. The quantitative estimate of drug-likeness (QED) is 0.763.